The van der Waals surface area contributed by atoms with Gasteiger partial charge in [0.05, 0.1) is 17.2 Å². The lowest BCUT2D eigenvalue weighted by molar-refractivity contribution is -0.123. The second-order valence-electron chi connectivity index (χ2n) is 4.65. The number of H-pyrrole nitrogens is 1. The van der Waals surface area contributed by atoms with Crippen LogP contribution < -0.4 is 5.32 Å². The normalized spacial score (nSPS) is 16.7. The van der Waals surface area contributed by atoms with E-state index >= 15 is 0 Å². The van der Waals surface area contributed by atoms with E-state index < -0.39 is 0 Å². The smallest absolute Gasteiger partial charge is 0.243 e. The van der Waals surface area contributed by atoms with Crippen LogP contribution in [0.3, 0.4) is 0 Å². The Balaban J connectivity index is 1.99. The Labute approximate surface area is 109 Å². The van der Waals surface area contributed by atoms with Crippen LogP contribution >= 0.6 is 12.2 Å². The lowest BCUT2D eigenvalue weighted by Gasteiger charge is -2.14. The fourth-order valence-electron chi connectivity index (χ4n) is 2.03. The molecule has 0 aliphatic heterocycles. The molecule has 2 heterocycles. The zero-order valence-electron chi connectivity index (χ0n) is 10.0. The second-order valence-corrected chi connectivity index (χ2v) is 5.04. The summed E-state index contributed by atoms with van der Waals surface area (Å²) < 4.78 is 2.39. The molecule has 1 atom stereocenters. The number of nitrogens with one attached hydrogen (secondary N) is 2. The van der Waals surface area contributed by atoms with E-state index in [1.165, 1.54) is 0 Å². The topological polar surface area (TPSA) is 62.7 Å². The third-order valence-electron chi connectivity index (χ3n) is 3.21. The van der Waals surface area contributed by atoms with Gasteiger partial charge in [-0.3, -0.25) is 9.78 Å². The van der Waals surface area contributed by atoms with Gasteiger partial charge in [0.25, 0.3) is 0 Å². The molecule has 2 aromatic rings. The third kappa shape index (κ3) is 1.92. The molecule has 0 spiro atoms. The van der Waals surface area contributed by atoms with E-state index in [0.717, 1.165) is 23.9 Å². The highest BCUT2D eigenvalue weighted by molar-refractivity contribution is 7.71. The summed E-state index contributed by atoms with van der Waals surface area (Å²) in [5.74, 6) is 0.0197. The minimum atomic E-state index is -0.311. The number of nitrogens with zero attached hydrogens (tertiary/aromatic N) is 2. The molecule has 94 valence electrons. The predicted octanol–water partition coefficient (Wildman–Crippen LogP) is 1.93. The van der Waals surface area contributed by atoms with Crippen molar-refractivity contribution in [1.82, 2.24) is 19.9 Å². The molecule has 2 N–H and O–H groups in total. The summed E-state index contributed by atoms with van der Waals surface area (Å²) in [4.78, 5) is 19.2. The molecular formula is C12H14N4OS. The van der Waals surface area contributed by atoms with Crippen LogP contribution in [0.5, 0.6) is 0 Å². The molecule has 1 unspecified atom stereocenters. The standard InChI is InChI=1S/C12H14N4OS/c1-7(11(17)14-8-2-3-8)16-10-4-5-13-6-9(10)15-12(16)18/h4-8H,2-3H2,1H3,(H,14,17)(H,15,18). The average molecular weight is 262 g/mol. The minimum absolute atomic E-state index is 0.0197. The molecule has 1 amide bonds. The van der Waals surface area contributed by atoms with Gasteiger partial charge in [0.2, 0.25) is 5.91 Å². The van der Waals surface area contributed by atoms with Crippen LogP contribution in [0.4, 0.5) is 0 Å². The molecule has 1 fully saturated rings. The van der Waals surface area contributed by atoms with Crippen molar-refractivity contribution in [1.29, 1.82) is 0 Å². The number of carbonyl (C=O) groups excluding carboxylic acids is 1. The van der Waals surface area contributed by atoms with Crippen molar-refractivity contribution in [3.8, 4) is 0 Å². The van der Waals surface area contributed by atoms with Gasteiger partial charge in [0.15, 0.2) is 4.77 Å². The van der Waals surface area contributed by atoms with Crippen molar-refractivity contribution in [2.75, 3.05) is 0 Å². The molecule has 0 radical (unpaired) electrons. The van der Waals surface area contributed by atoms with E-state index in [4.69, 9.17) is 12.2 Å². The molecule has 1 saturated carbocycles. The molecule has 2 aromatic heterocycles. The lowest BCUT2D eigenvalue weighted by Crippen LogP contribution is -2.32. The minimum Gasteiger partial charge on any atom is -0.352 e. The van der Waals surface area contributed by atoms with Crippen LogP contribution in [-0.4, -0.2) is 26.5 Å². The van der Waals surface area contributed by atoms with Gasteiger partial charge in [0.1, 0.15) is 6.04 Å². The number of imidazole rings is 1. The van der Waals surface area contributed by atoms with E-state index in [1.54, 1.807) is 12.4 Å². The van der Waals surface area contributed by atoms with Crippen molar-refractivity contribution in [2.45, 2.75) is 31.8 Å². The molecule has 3 rings (SSSR count). The molecule has 0 aromatic carbocycles. The largest absolute Gasteiger partial charge is 0.352 e. The fourth-order valence-corrected chi connectivity index (χ4v) is 2.40. The van der Waals surface area contributed by atoms with Crippen LogP contribution in [0.1, 0.15) is 25.8 Å². The summed E-state index contributed by atoms with van der Waals surface area (Å²) in [5, 5.41) is 3.00. The van der Waals surface area contributed by atoms with Gasteiger partial charge in [-0.1, -0.05) is 0 Å². The first-order valence-corrected chi connectivity index (χ1v) is 6.42. The first-order valence-electron chi connectivity index (χ1n) is 6.01. The van der Waals surface area contributed by atoms with E-state index in [-0.39, 0.29) is 11.9 Å². The Morgan fingerprint density at radius 3 is 3.17 bits per heavy atom. The number of aromatic nitrogens is 3. The van der Waals surface area contributed by atoms with Gasteiger partial charge in [-0.2, -0.15) is 0 Å². The van der Waals surface area contributed by atoms with Crippen LogP contribution in [0.15, 0.2) is 18.5 Å². The van der Waals surface area contributed by atoms with Crippen molar-refractivity contribution in [3.63, 3.8) is 0 Å². The van der Waals surface area contributed by atoms with Crippen LogP contribution in [0, 0.1) is 4.77 Å². The molecular weight excluding hydrogens is 248 g/mol. The number of fused-ring (bicyclic) bond motifs is 1. The number of aromatic amines is 1. The summed E-state index contributed by atoms with van der Waals surface area (Å²) in [7, 11) is 0. The maximum atomic E-state index is 12.1. The summed E-state index contributed by atoms with van der Waals surface area (Å²) >= 11 is 5.28. The van der Waals surface area contributed by atoms with Crippen LogP contribution in [0.25, 0.3) is 11.0 Å². The Hall–Kier alpha value is -1.69. The van der Waals surface area contributed by atoms with Gasteiger partial charge in [-0.15, -0.1) is 0 Å². The molecule has 0 bridgehead atoms. The summed E-state index contributed by atoms with van der Waals surface area (Å²) in [6.07, 6.45) is 5.59. The Kier molecular flexibility index (Phi) is 2.66. The Morgan fingerprint density at radius 2 is 2.44 bits per heavy atom. The van der Waals surface area contributed by atoms with E-state index in [0.29, 0.717) is 10.8 Å². The van der Waals surface area contributed by atoms with Gasteiger partial charge < -0.3 is 14.9 Å². The highest BCUT2D eigenvalue weighted by atomic mass is 32.1. The number of hydrogen-bond donors (Lipinski definition) is 2. The number of amides is 1. The molecule has 5 nitrogen and oxygen atoms in total. The number of hydrogen-bond acceptors (Lipinski definition) is 3. The highest BCUT2D eigenvalue weighted by Gasteiger charge is 2.27. The molecule has 18 heavy (non-hydrogen) atoms. The highest BCUT2D eigenvalue weighted by Crippen LogP contribution is 2.22. The van der Waals surface area contributed by atoms with Gasteiger partial charge >= 0.3 is 0 Å². The first-order chi connectivity index (χ1) is 8.66. The van der Waals surface area contributed by atoms with Crippen LogP contribution in [0.2, 0.25) is 0 Å². The summed E-state index contributed by atoms with van der Waals surface area (Å²) in [5.41, 5.74) is 1.77. The number of pyridine rings is 1. The summed E-state index contributed by atoms with van der Waals surface area (Å²) in [6, 6.07) is 1.91. The maximum absolute atomic E-state index is 12.1. The monoisotopic (exact) mass is 262 g/mol. The van der Waals surface area contributed by atoms with Crippen molar-refractivity contribution in [2.24, 2.45) is 0 Å². The zero-order chi connectivity index (χ0) is 12.7. The van der Waals surface area contributed by atoms with Crippen molar-refractivity contribution in [3.05, 3.63) is 23.2 Å². The predicted molar refractivity (Wildman–Crippen MR) is 70.8 cm³/mol. The summed E-state index contributed by atoms with van der Waals surface area (Å²) in [6.45, 7) is 1.86. The molecule has 0 saturated heterocycles. The number of rotatable bonds is 3. The van der Waals surface area contributed by atoms with Gasteiger partial charge in [-0.05, 0) is 38.0 Å². The quantitative estimate of drug-likeness (QED) is 0.831. The first kappa shape index (κ1) is 11.4. The van der Waals surface area contributed by atoms with Crippen molar-refractivity contribution < 1.29 is 4.79 Å². The second kappa shape index (κ2) is 4.20. The lowest BCUT2D eigenvalue weighted by atomic mass is 10.3. The SMILES string of the molecule is CC(C(=O)NC1CC1)n1c(=S)[nH]c2cnccc21. The molecule has 1 aliphatic carbocycles. The van der Waals surface area contributed by atoms with Crippen molar-refractivity contribution >= 4 is 29.2 Å². The van der Waals surface area contributed by atoms with Gasteiger partial charge in [0, 0.05) is 12.2 Å². The van der Waals surface area contributed by atoms with E-state index in [9.17, 15) is 4.79 Å². The van der Waals surface area contributed by atoms with Crippen LogP contribution in [-0.2, 0) is 4.79 Å². The molecule has 1 aliphatic rings. The van der Waals surface area contributed by atoms with E-state index in [1.807, 2.05) is 17.6 Å². The Bertz CT molecular complexity index is 655. The fraction of sp³-hybridized carbons (Fsp3) is 0.417. The van der Waals surface area contributed by atoms with E-state index in [2.05, 4.69) is 15.3 Å². The maximum Gasteiger partial charge on any atom is 0.243 e. The number of carbonyl (C=O) groups is 1. The molecule has 6 heteroatoms. The van der Waals surface area contributed by atoms with Gasteiger partial charge in [-0.25, -0.2) is 0 Å². The average Bonchev–Trinajstić information content (AvgIpc) is 3.09. The zero-order valence-corrected chi connectivity index (χ0v) is 10.8. The Morgan fingerprint density at radius 1 is 1.67 bits per heavy atom. The third-order valence-corrected chi connectivity index (χ3v) is 3.51.